The molecule has 1 aromatic rings. The summed E-state index contributed by atoms with van der Waals surface area (Å²) in [5.41, 5.74) is 4.29. The molecule has 1 N–H and O–H groups in total. The topological polar surface area (TPSA) is 15.3 Å². The van der Waals surface area contributed by atoms with Crippen molar-refractivity contribution in [3.05, 3.63) is 34.9 Å². The Hall–Kier alpha value is -0.860. The summed E-state index contributed by atoms with van der Waals surface area (Å²) in [7, 11) is 0. The maximum atomic E-state index is 3.57. The third kappa shape index (κ3) is 3.87. The summed E-state index contributed by atoms with van der Waals surface area (Å²) in [6, 6.07) is 8.43. The molecule has 1 saturated heterocycles. The molecule has 0 spiro atoms. The summed E-state index contributed by atoms with van der Waals surface area (Å²) in [5, 5.41) is 3.57. The Morgan fingerprint density at radius 3 is 2.43 bits per heavy atom. The van der Waals surface area contributed by atoms with Crippen LogP contribution in [0.1, 0.15) is 55.3 Å². The second kappa shape index (κ2) is 6.50. The molecule has 0 radical (unpaired) electrons. The zero-order valence-electron chi connectivity index (χ0n) is 13.9. The fourth-order valence-corrected chi connectivity index (χ4v) is 3.85. The van der Waals surface area contributed by atoms with Crippen LogP contribution in [0.3, 0.4) is 0 Å². The monoisotopic (exact) mass is 286 g/mol. The normalized spacial score (nSPS) is 24.3. The first-order valence-corrected chi connectivity index (χ1v) is 8.68. The molecule has 1 aromatic carbocycles. The van der Waals surface area contributed by atoms with Gasteiger partial charge in [-0.2, -0.15) is 0 Å². The Morgan fingerprint density at radius 1 is 1.14 bits per heavy atom. The van der Waals surface area contributed by atoms with Crippen molar-refractivity contribution in [3.8, 4) is 0 Å². The van der Waals surface area contributed by atoms with Gasteiger partial charge in [0.15, 0.2) is 0 Å². The van der Waals surface area contributed by atoms with Crippen LogP contribution in [0, 0.1) is 19.8 Å². The van der Waals surface area contributed by atoms with Gasteiger partial charge < -0.3 is 5.32 Å². The van der Waals surface area contributed by atoms with Crippen LogP contribution in [0.25, 0.3) is 0 Å². The maximum Gasteiger partial charge on any atom is 0.0323 e. The second-order valence-corrected chi connectivity index (χ2v) is 7.24. The van der Waals surface area contributed by atoms with E-state index in [9.17, 15) is 0 Å². The number of nitrogens with one attached hydrogen (secondary N) is 1. The number of benzene rings is 1. The first-order valence-electron chi connectivity index (χ1n) is 8.68. The van der Waals surface area contributed by atoms with Crippen LogP contribution in [0.2, 0.25) is 0 Å². The summed E-state index contributed by atoms with van der Waals surface area (Å²) >= 11 is 0. The zero-order chi connectivity index (χ0) is 14.8. The number of rotatable bonds is 5. The Morgan fingerprint density at radius 2 is 1.86 bits per heavy atom. The number of hydrogen-bond donors (Lipinski definition) is 1. The molecule has 0 amide bonds. The molecule has 2 fully saturated rings. The second-order valence-electron chi connectivity index (χ2n) is 7.24. The van der Waals surface area contributed by atoms with Crippen molar-refractivity contribution in [3.63, 3.8) is 0 Å². The lowest BCUT2D eigenvalue weighted by Crippen LogP contribution is -2.40. The molecule has 1 saturated carbocycles. The maximum absolute atomic E-state index is 3.57. The van der Waals surface area contributed by atoms with Gasteiger partial charge in [0.05, 0.1) is 0 Å². The highest BCUT2D eigenvalue weighted by Gasteiger charge is 2.34. The SMILES string of the molecule is Cc1cc(C)cc(C(C)N(CC2CCCNC2)C2CC2)c1. The van der Waals surface area contributed by atoms with Gasteiger partial charge in [-0.05, 0) is 71.0 Å². The summed E-state index contributed by atoms with van der Waals surface area (Å²) in [6.07, 6.45) is 5.54. The molecule has 2 atom stereocenters. The fraction of sp³-hybridized carbons (Fsp3) is 0.684. The largest absolute Gasteiger partial charge is 0.316 e. The smallest absolute Gasteiger partial charge is 0.0323 e. The molecule has 3 rings (SSSR count). The van der Waals surface area contributed by atoms with E-state index >= 15 is 0 Å². The predicted octanol–water partition coefficient (Wildman–Crippen LogP) is 3.83. The summed E-state index contributed by atoms with van der Waals surface area (Å²) < 4.78 is 0. The van der Waals surface area contributed by atoms with E-state index in [2.05, 4.69) is 49.2 Å². The molecular weight excluding hydrogens is 256 g/mol. The number of hydrogen-bond acceptors (Lipinski definition) is 2. The molecule has 21 heavy (non-hydrogen) atoms. The molecular formula is C19H30N2. The van der Waals surface area contributed by atoms with Crippen molar-refractivity contribution in [1.82, 2.24) is 10.2 Å². The van der Waals surface area contributed by atoms with Crippen LogP contribution in [-0.4, -0.2) is 30.6 Å². The van der Waals surface area contributed by atoms with E-state index in [0.717, 1.165) is 12.0 Å². The van der Waals surface area contributed by atoms with Crippen molar-refractivity contribution < 1.29 is 0 Å². The van der Waals surface area contributed by atoms with E-state index in [1.54, 1.807) is 0 Å². The lowest BCUT2D eigenvalue weighted by atomic mass is 9.96. The summed E-state index contributed by atoms with van der Waals surface area (Å²) in [4.78, 5) is 2.78. The van der Waals surface area contributed by atoms with Gasteiger partial charge in [-0.1, -0.05) is 29.3 Å². The van der Waals surface area contributed by atoms with E-state index in [0.29, 0.717) is 6.04 Å². The highest BCUT2D eigenvalue weighted by Crippen LogP contribution is 2.36. The van der Waals surface area contributed by atoms with Gasteiger partial charge in [-0.3, -0.25) is 4.90 Å². The zero-order valence-corrected chi connectivity index (χ0v) is 13.9. The molecule has 2 aliphatic rings. The van der Waals surface area contributed by atoms with Crippen LogP contribution in [0.5, 0.6) is 0 Å². The van der Waals surface area contributed by atoms with E-state index in [4.69, 9.17) is 0 Å². The van der Waals surface area contributed by atoms with Crippen molar-refractivity contribution in [2.24, 2.45) is 5.92 Å². The van der Waals surface area contributed by atoms with Gasteiger partial charge in [0.2, 0.25) is 0 Å². The molecule has 1 aliphatic heterocycles. The molecule has 0 bridgehead atoms. The van der Waals surface area contributed by atoms with Crippen LogP contribution in [0.4, 0.5) is 0 Å². The Bertz CT molecular complexity index is 452. The lowest BCUT2D eigenvalue weighted by molar-refractivity contribution is 0.154. The van der Waals surface area contributed by atoms with Crippen molar-refractivity contribution in [2.45, 2.75) is 58.5 Å². The van der Waals surface area contributed by atoms with Gasteiger partial charge in [-0.25, -0.2) is 0 Å². The average molecular weight is 286 g/mol. The number of piperidine rings is 1. The van der Waals surface area contributed by atoms with Crippen LogP contribution in [-0.2, 0) is 0 Å². The van der Waals surface area contributed by atoms with Gasteiger partial charge >= 0.3 is 0 Å². The Labute approximate surface area is 129 Å². The van der Waals surface area contributed by atoms with E-state index < -0.39 is 0 Å². The molecule has 2 unspecified atom stereocenters. The van der Waals surface area contributed by atoms with E-state index in [1.165, 1.54) is 62.0 Å². The first-order chi connectivity index (χ1) is 10.1. The predicted molar refractivity (Wildman–Crippen MR) is 89.7 cm³/mol. The molecule has 1 aliphatic carbocycles. The Balaban J connectivity index is 1.73. The molecule has 116 valence electrons. The summed E-state index contributed by atoms with van der Waals surface area (Å²) in [6.45, 7) is 10.5. The van der Waals surface area contributed by atoms with Crippen LogP contribution >= 0.6 is 0 Å². The summed E-state index contributed by atoms with van der Waals surface area (Å²) in [5.74, 6) is 0.840. The molecule has 2 nitrogen and oxygen atoms in total. The minimum absolute atomic E-state index is 0.554. The first kappa shape index (κ1) is 15.1. The van der Waals surface area contributed by atoms with Crippen molar-refractivity contribution >= 4 is 0 Å². The minimum Gasteiger partial charge on any atom is -0.316 e. The average Bonchev–Trinajstić information content (AvgIpc) is 3.29. The van der Waals surface area contributed by atoms with Crippen molar-refractivity contribution in [1.29, 1.82) is 0 Å². The van der Waals surface area contributed by atoms with Gasteiger partial charge in [0, 0.05) is 18.6 Å². The van der Waals surface area contributed by atoms with Crippen LogP contribution < -0.4 is 5.32 Å². The van der Waals surface area contributed by atoms with Gasteiger partial charge in [-0.15, -0.1) is 0 Å². The fourth-order valence-electron chi connectivity index (χ4n) is 3.85. The number of nitrogens with zero attached hydrogens (tertiary/aromatic N) is 1. The third-order valence-corrected chi connectivity index (χ3v) is 5.11. The minimum atomic E-state index is 0.554. The highest BCUT2D eigenvalue weighted by atomic mass is 15.2. The molecule has 0 aromatic heterocycles. The quantitative estimate of drug-likeness (QED) is 0.885. The molecule has 2 heteroatoms. The van der Waals surface area contributed by atoms with Crippen LogP contribution in [0.15, 0.2) is 18.2 Å². The lowest BCUT2D eigenvalue weighted by Gasteiger charge is -2.35. The molecule has 1 heterocycles. The van der Waals surface area contributed by atoms with Gasteiger partial charge in [0.1, 0.15) is 0 Å². The Kier molecular flexibility index (Phi) is 4.66. The standard InChI is InChI=1S/C19H30N2/c1-14-9-15(2)11-18(10-14)16(3)21(19-6-7-19)13-17-5-4-8-20-12-17/h9-11,16-17,19-20H,4-8,12-13H2,1-3H3. The highest BCUT2D eigenvalue weighted by molar-refractivity contribution is 5.30. The number of aryl methyl sites for hydroxylation is 2. The van der Waals surface area contributed by atoms with E-state index in [1.807, 2.05) is 0 Å². The van der Waals surface area contributed by atoms with Crippen molar-refractivity contribution in [2.75, 3.05) is 19.6 Å². The third-order valence-electron chi connectivity index (χ3n) is 5.11. The van der Waals surface area contributed by atoms with Gasteiger partial charge in [0.25, 0.3) is 0 Å². The van der Waals surface area contributed by atoms with E-state index in [-0.39, 0.29) is 0 Å².